The molecule has 0 aliphatic carbocycles. The van der Waals surface area contributed by atoms with Gasteiger partial charge in [-0.05, 0) is 6.42 Å². The molecule has 0 aliphatic rings. The minimum atomic E-state index is -1.72. The zero-order valence-corrected chi connectivity index (χ0v) is 9.32. The lowest BCUT2D eigenvalue weighted by Gasteiger charge is -2.28. The Morgan fingerprint density at radius 3 is 2.17 bits per heavy atom. The third-order valence-corrected chi connectivity index (χ3v) is 2.36. The van der Waals surface area contributed by atoms with Gasteiger partial charge in [0.05, 0.1) is 6.61 Å². The number of rotatable bonds is 7. The summed E-state index contributed by atoms with van der Waals surface area (Å²) in [5.74, 6) is 0. The number of hydrogen-bond donors (Lipinski definition) is 1. The molecule has 0 aromatic rings. The molecule has 0 aliphatic heterocycles. The zero-order valence-electron chi connectivity index (χ0n) is 8.51. The Hall–Kier alpha value is 0.270. The van der Waals surface area contributed by atoms with Gasteiger partial charge in [0.25, 0.3) is 0 Å². The molecule has 12 heavy (non-hydrogen) atoms. The van der Waals surface area contributed by atoms with E-state index in [4.69, 9.17) is 4.18 Å². The van der Waals surface area contributed by atoms with Crippen molar-refractivity contribution in [3.05, 3.63) is 0 Å². The van der Waals surface area contributed by atoms with E-state index >= 15 is 0 Å². The highest BCUT2D eigenvalue weighted by molar-refractivity contribution is 8.23. The van der Waals surface area contributed by atoms with Crippen LogP contribution in [0.3, 0.4) is 0 Å². The molecular formula is C9H22O2S. The van der Waals surface area contributed by atoms with Crippen LogP contribution in [0.25, 0.3) is 0 Å². The molecule has 0 atom stereocenters. The molecule has 0 radical (unpaired) electrons. The maximum absolute atomic E-state index is 9.28. The van der Waals surface area contributed by atoms with Crippen LogP contribution in [0.15, 0.2) is 0 Å². The fourth-order valence-corrected chi connectivity index (χ4v) is 1.49. The molecule has 0 amide bonds. The summed E-state index contributed by atoms with van der Waals surface area (Å²) in [6.45, 7) is 2.92. The Bertz CT molecular complexity index is 99.2. The standard InChI is InChI=1S/C9H22O2S/c1-4-5-6-7-8-9-11-12(2,3)10/h10H,4-9H2,1-3H3. The van der Waals surface area contributed by atoms with Crippen molar-refractivity contribution in [1.82, 2.24) is 0 Å². The third-order valence-electron chi connectivity index (χ3n) is 1.62. The van der Waals surface area contributed by atoms with Crippen LogP contribution in [0.4, 0.5) is 0 Å². The van der Waals surface area contributed by atoms with Gasteiger partial charge < -0.3 is 0 Å². The first-order valence-corrected chi connectivity index (χ1v) is 6.99. The van der Waals surface area contributed by atoms with E-state index in [9.17, 15) is 4.55 Å². The van der Waals surface area contributed by atoms with Gasteiger partial charge >= 0.3 is 0 Å². The van der Waals surface area contributed by atoms with Gasteiger partial charge in [-0.25, -0.2) is 0 Å². The van der Waals surface area contributed by atoms with E-state index in [2.05, 4.69) is 6.92 Å². The molecular weight excluding hydrogens is 172 g/mol. The van der Waals surface area contributed by atoms with Gasteiger partial charge in [0.1, 0.15) is 0 Å². The smallest absolute Gasteiger partial charge is 0.0713 e. The Morgan fingerprint density at radius 2 is 1.67 bits per heavy atom. The van der Waals surface area contributed by atoms with Gasteiger partial charge in [-0.3, -0.25) is 8.74 Å². The summed E-state index contributed by atoms with van der Waals surface area (Å²) < 4.78 is 14.5. The van der Waals surface area contributed by atoms with E-state index in [0.29, 0.717) is 6.61 Å². The SMILES string of the molecule is CCCCCCCOS(C)(C)O. The molecule has 0 bridgehead atoms. The fourth-order valence-electron chi connectivity index (χ4n) is 0.968. The van der Waals surface area contributed by atoms with Gasteiger partial charge in [-0.15, -0.1) is 0 Å². The van der Waals surface area contributed by atoms with E-state index in [-0.39, 0.29) is 0 Å². The average Bonchev–Trinajstić information content (AvgIpc) is 1.94. The van der Waals surface area contributed by atoms with Crippen molar-refractivity contribution < 1.29 is 8.74 Å². The predicted octanol–water partition coefficient (Wildman–Crippen LogP) is 3.43. The van der Waals surface area contributed by atoms with Gasteiger partial charge in [0.15, 0.2) is 0 Å². The summed E-state index contributed by atoms with van der Waals surface area (Å²) >= 11 is 0. The Kier molecular flexibility index (Phi) is 6.90. The van der Waals surface area contributed by atoms with Crippen LogP contribution >= 0.6 is 10.6 Å². The van der Waals surface area contributed by atoms with Crippen LogP contribution in [0.1, 0.15) is 39.0 Å². The molecule has 1 N–H and O–H groups in total. The molecule has 0 saturated carbocycles. The first-order chi connectivity index (χ1) is 5.56. The van der Waals surface area contributed by atoms with Gasteiger partial charge in [0, 0.05) is 12.5 Å². The highest BCUT2D eigenvalue weighted by Crippen LogP contribution is 2.35. The van der Waals surface area contributed by atoms with Crippen molar-refractivity contribution >= 4 is 10.6 Å². The second-order valence-electron chi connectivity index (χ2n) is 3.42. The molecule has 0 unspecified atom stereocenters. The van der Waals surface area contributed by atoms with Gasteiger partial charge in [0.2, 0.25) is 0 Å². The van der Waals surface area contributed by atoms with Crippen LogP contribution in [0, 0.1) is 0 Å². The highest BCUT2D eigenvalue weighted by atomic mass is 32.3. The summed E-state index contributed by atoms with van der Waals surface area (Å²) in [5.41, 5.74) is 0. The molecule has 0 fully saturated rings. The number of hydrogen-bond acceptors (Lipinski definition) is 2. The van der Waals surface area contributed by atoms with Crippen LogP contribution in [-0.2, 0) is 4.18 Å². The lowest BCUT2D eigenvalue weighted by Crippen LogP contribution is -2.00. The maximum atomic E-state index is 9.28. The van der Waals surface area contributed by atoms with Crippen molar-refractivity contribution in [3.63, 3.8) is 0 Å². The molecule has 76 valence electrons. The minimum absolute atomic E-state index is 0.711. The first-order valence-electron chi connectivity index (χ1n) is 4.66. The number of unbranched alkanes of at least 4 members (excludes halogenated alkanes) is 4. The predicted molar refractivity (Wildman–Crippen MR) is 56.8 cm³/mol. The summed E-state index contributed by atoms with van der Waals surface area (Å²) in [6, 6.07) is 0. The second kappa shape index (κ2) is 6.75. The Morgan fingerprint density at radius 1 is 1.08 bits per heavy atom. The van der Waals surface area contributed by atoms with E-state index in [1.807, 2.05) is 0 Å². The van der Waals surface area contributed by atoms with Crippen LogP contribution < -0.4 is 0 Å². The quantitative estimate of drug-likeness (QED) is 0.629. The Balaban J connectivity index is 3.01. The summed E-state index contributed by atoms with van der Waals surface area (Å²) in [7, 11) is -1.72. The molecule has 0 rings (SSSR count). The summed E-state index contributed by atoms with van der Waals surface area (Å²) in [4.78, 5) is 0. The van der Waals surface area contributed by atoms with Crippen LogP contribution in [0.2, 0.25) is 0 Å². The minimum Gasteiger partial charge on any atom is -0.300 e. The molecule has 0 spiro atoms. The lowest BCUT2D eigenvalue weighted by atomic mass is 10.2. The molecule has 0 saturated heterocycles. The fraction of sp³-hybridized carbons (Fsp3) is 1.00. The van der Waals surface area contributed by atoms with E-state index in [0.717, 1.165) is 6.42 Å². The zero-order chi connectivity index (χ0) is 9.45. The molecule has 3 heteroatoms. The Labute approximate surface area is 78.0 Å². The van der Waals surface area contributed by atoms with Crippen molar-refractivity contribution in [2.45, 2.75) is 39.0 Å². The normalized spacial score (nSPS) is 13.3. The van der Waals surface area contributed by atoms with Crippen LogP contribution in [0.5, 0.6) is 0 Å². The largest absolute Gasteiger partial charge is 0.300 e. The van der Waals surface area contributed by atoms with Crippen molar-refractivity contribution in [1.29, 1.82) is 0 Å². The van der Waals surface area contributed by atoms with Gasteiger partial charge in [-0.1, -0.05) is 32.6 Å². The highest BCUT2D eigenvalue weighted by Gasteiger charge is 1.99. The molecule has 0 aromatic heterocycles. The van der Waals surface area contributed by atoms with E-state index < -0.39 is 10.6 Å². The van der Waals surface area contributed by atoms with Crippen LogP contribution in [-0.4, -0.2) is 23.7 Å². The topological polar surface area (TPSA) is 29.5 Å². The molecule has 0 aromatic carbocycles. The van der Waals surface area contributed by atoms with Crippen molar-refractivity contribution in [3.8, 4) is 0 Å². The maximum Gasteiger partial charge on any atom is 0.0713 e. The first kappa shape index (κ1) is 12.3. The average molecular weight is 194 g/mol. The van der Waals surface area contributed by atoms with Gasteiger partial charge in [-0.2, -0.15) is 10.6 Å². The second-order valence-corrected chi connectivity index (χ2v) is 6.02. The summed E-state index contributed by atoms with van der Waals surface area (Å²) in [5, 5.41) is 0. The van der Waals surface area contributed by atoms with E-state index in [1.54, 1.807) is 12.5 Å². The molecule has 0 heterocycles. The van der Waals surface area contributed by atoms with Crippen molar-refractivity contribution in [2.75, 3.05) is 19.1 Å². The lowest BCUT2D eigenvalue weighted by molar-refractivity contribution is 0.310. The summed E-state index contributed by atoms with van der Waals surface area (Å²) in [6.07, 6.45) is 9.69. The monoisotopic (exact) mass is 194 g/mol. The third kappa shape index (κ3) is 10.3. The van der Waals surface area contributed by atoms with E-state index in [1.165, 1.54) is 25.7 Å². The van der Waals surface area contributed by atoms with Crippen molar-refractivity contribution in [2.24, 2.45) is 0 Å². The molecule has 2 nitrogen and oxygen atoms in total.